The van der Waals surface area contributed by atoms with Gasteiger partial charge in [0.25, 0.3) is 0 Å². The van der Waals surface area contributed by atoms with Crippen molar-refractivity contribution in [2.45, 2.75) is 31.6 Å². The van der Waals surface area contributed by atoms with Gasteiger partial charge in [0.15, 0.2) is 0 Å². The van der Waals surface area contributed by atoms with Gasteiger partial charge in [-0.25, -0.2) is 4.90 Å². The lowest BCUT2D eigenvalue weighted by atomic mass is 10.2. The average molecular weight is 336 g/mol. The SMILES string of the molecule is CCOC(=O)[C@@H](N)CS[C@@H]1CC(=O)N(c2cccc(C)c2)C1=O. The Bertz CT molecular complexity index is 620. The third-order valence-electron chi connectivity index (χ3n) is 3.43. The van der Waals surface area contributed by atoms with Gasteiger partial charge in [0.1, 0.15) is 6.04 Å². The van der Waals surface area contributed by atoms with Gasteiger partial charge in [0.05, 0.1) is 17.5 Å². The number of hydrogen-bond acceptors (Lipinski definition) is 6. The quantitative estimate of drug-likeness (QED) is 0.621. The molecule has 1 aliphatic rings. The van der Waals surface area contributed by atoms with Crippen LogP contribution in [0.15, 0.2) is 24.3 Å². The first-order chi connectivity index (χ1) is 10.9. The van der Waals surface area contributed by atoms with E-state index in [4.69, 9.17) is 10.5 Å². The lowest BCUT2D eigenvalue weighted by molar-refractivity contribution is -0.144. The first kappa shape index (κ1) is 17.5. The molecular formula is C16H20N2O4S. The second-order valence-electron chi connectivity index (χ2n) is 5.29. The minimum Gasteiger partial charge on any atom is -0.465 e. The van der Waals surface area contributed by atoms with Crippen LogP contribution in [-0.4, -0.2) is 41.4 Å². The van der Waals surface area contributed by atoms with Gasteiger partial charge >= 0.3 is 5.97 Å². The predicted octanol–water partition coefficient (Wildman–Crippen LogP) is 1.25. The molecule has 1 saturated heterocycles. The lowest BCUT2D eigenvalue weighted by Crippen LogP contribution is -2.36. The van der Waals surface area contributed by atoms with Gasteiger partial charge < -0.3 is 10.5 Å². The van der Waals surface area contributed by atoms with Crippen molar-refractivity contribution in [3.63, 3.8) is 0 Å². The van der Waals surface area contributed by atoms with Crippen LogP contribution in [0.3, 0.4) is 0 Å². The van der Waals surface area contributed by atoms with Crippen molar-refractivity contribution in [3.8, 4) is 0 Å². The van der Waals surface area contributed by atoms with E-state index in [-0.39, 0.29) is 30.6 Å². The fourth-order valence-electron chi connectivity index (χ4n) is 2.31. The molecule has 2 rings (SSSR count). The molecule has 2 N–H and O–H groups in total. The van der Waals surface area contributed by atoms with Crippen LogP contribution in [0.25, 0.3) is 0 Å². The summed E-state index contributed by atoms with van der Waals surface area (Å²) in [4.78, 5) is 37.3. The number of ether oxygens (including phenoxy) is 1. The number of hydrogen-bond donors (Lipinski definition) is 1. The van der Waals surface area contributed by atoms with Crippen molar-refractivity contribution in [1.29, 1.82) is 0 Å². The minimum absolute atomic E-state index is 0.118. The predicted molar refractivity (Wildman–Crippen MR) is 89.1 cm³/mol. The summed E-state index contributed by atoms with van der Waals surface area (Å²) in [7, 11) is 0. The zero-order valence-corrected chi connectivity index (χ0v) is 14.0. The van der Waals surface area contributed by atoms with Gasteiger partial charge in [-0.3, -0.25) is 14.4 Å². The van der Waals surface area contributed by atoms with Crippen molar-refractivity contribution < 1.29 is 19.1 Å². The molecule has 0 radical (unpaired) electrons. The first-order valence-corrected chi connectivity index (χ1v) is 8.46. The fraction of sp³-hybridized carbons (Fsp3) is 0.438. The molecule has 0 spiro atoms. The Hall–Kier alpha value is -1.86. The Labute approximate surface area is 139 Å². The summed E-state index contributed by atoms with van der Waals surface area (Å²) in [5, 5.41) is -0.511. The van der Waals surface area contributed by atoms with Crippen LogP contribution in [0.1, 0.15) is 18.9 Å². The van der Waals surface area contributed by atoms with E-state index < -0.39 is 17.3 Å². The third kappa shape index (κ3) is 4.11. The molecule has 1 aromatic carbocycles. The number of benzene rings is 1. The molecule has 0 unspecified atom stereocenters. The van der Waals surface area contributed by atoms with Crippen LogP contribution >= 0.6 is 11.8 Å². The van der Waals surface area contributed by atoms with Crippen LogP contribution in [0, 0.1) is 6.92 Å². The highest BCUT2D eigenvalue weighted by atomic mass is 32.2. The van der Waals surface area contributed by atoms with Crippen LogP contribution < -0.4 is 10.6 Å². The molecule has 0 aromatic heterocycles. The highest BCUT2D eigenvalue weighted by Crippen LogP contribution is 2.30. The number of carbonyl (C=O) groups is 3. The van der Waals surface area contributed by atoms with E-state index in [1.165, 1.54) is 16.7 Å². The fourth-order valence-corrected chi connectivity index (χ4v) is 3.39. The second-order valence-corrected chi connectivity index (χ2v) is 6.53. The number of nitrogens with two attached hydrogens (primary N) is 1. The van der Waals surface area contributed by atoms with Gasteiger partial charge in [0, 0.05) is 12.2 Å². The van der Waals surface area contributed by atoms with E-state index in [2.05, 4.69) is 0 Å². The average Bonchev–Trinajstić information content (AvgIpc) is 2.79. The smallest absolute Gasteiger partial charge is 0.323 e. The number of imide groups is 1. The molecule has 23 heavy (non-hydrogen) atoms. The maximum atomic E-state index is 12.5. The molecule has 0 aliphatic carbocycles. The van der Waals surface area contributed by atoms with Crippen molar-refractivity contribution in [2.75, 3.05) is 17.3 Å². The molecule has 1 aromatic rings. The normalized spacial score (nSPS) is 19.1. The van der Waals surface area contributed by atoms with Crippen LogP contribution in [0.2, 0.25) is 0 Å². The van der Waals surface area contributed by atoms with E-state index in [1.54, 1.807) is 19.1 Å². The van der Waals surface area contributed by atoms with Crippen molar-refractivity contribution >= 4 is 35.2 Å². The van der Waals surface area contributed by atoms with Crippen molar-refractivity contribution in [3.05, 3.63) is 29.8 Å². The molecule has 1 fully saturated rings. The van der Waals surface area contributed by atoms with E-state index >= 15 is 0 Å². The van der Waals surface area contributed by atoms with Crippen LogP contribution in [0.4, 0.5) is 5.69 Å². The molecule has 124 valence electrons. The minimum atomic E-state index is -0.795. The maximum absolute atomic E-state index is 12.5. The highest BCUT2D eigenvalue weighted by molar-refractivity contribution is 8.00. The topological polar surface area (TPSA) is 89.7 Å². The monoisotopic (exact) mass is 336 g/mol. The molecular weight excluding hydrogens is 316 g/mol. The van der Waals surface area contributed by atoms with Crippen LogP contribution in [0.5, 0.6) is 0 Å². The number of amides is 2. The number of carbonyl (C=O) groups excluding carboxylic acids is 3. The molecule has 6 nitrogen and oxygen atoms in total. The van der Waals surface area contributed by atoms with Crippen molar-refractivity contribution in [2.24, 2.45) is 5.73 Å². The summed E-state index contributed by atoms with van der Waals surface area (Å²) in [6, 6.07) is 6.45. The zero-order chi connectivity index (χ0) is 17.0. The molecule has 2 amide bonds. The van der Waals surface area contributed by atoms with Gasteiger partial charge in [-0.15, -0.1) is 11.8 Å². The van der Waals surface area contributed by atoms with Gasteiger partial charge in [-0.05, 0) is 31.5 Å². The number of nitrogens with zero attached hydrogens (tertiary/aromatic N) is 1. The Kier molecular flexibility index (Phi) is 5.79. The summed E-state index contributed by atoms with van der Waals surface area (Å²) in [5.74, 6) is -0.749. The zero-order valence-electron chi connectivity index (χ0n) is 13.2. The number of esters is 1. The largest absolute Gasteiger partial charge is 0.465 e. The first-order valence-electron chi connectivity index (χ1n) is 7.41. The van der Waals surface area contributed by atoms with E-state index in [9.17, 15) is 14.4 Å². The highest BCUT2D eigenvalue weighted by Gasteiger charge is 2.40. The Morgan fingerprint density at radius 1 is 1.48 bits per heavy atom. The van der Waals surface area contributed by atoms with E-state index in [1.807, 2.05) is 19.1 Å². The van der Waals surface area contributed by atoms with Gasteiger partial charge in [-0.1, -0.05) is 12.1 Å². The Morgan fingerprint density at radius 2 is 2.22 bits per heavy atom. The number of anilines is 1. The maximum Gasteiger partial charge on any atom is 0.323 e. The lowest BCUT2D eigenvalue weighted by Gasteiger charge is -2.16. The molecule has 7 heteroatoms. The summed E-state index contributed by atoms with van der Waals surface area (Å²) >= 11 is 1.22. The summed E-state index contributed by atoms with van der Waals surface area (Å²) in [5.41, 5.74) is 7.28. The van der Waals surface area contributed by atoms with E-state index in [0.29, 0.717) is 5.69 Å². The summed E-state index contributed by atoms with van der Waals surface area (Å²) in [6.45, 7) is 3.87. The summed E-state index contributed by atoms with van der Waals surface area (Å²) in [6.07, 6.45) is 0.118. The van der Waals surface area contributed by atoms with Gasteiger partial charge in [0.2, 0.25) is 11.8 Å². The Balaban J connectivity index is 2.00. The Morgan fingerprint density at radius 3 is 2.87 bits per heavy atom. The third-order valence-corrected chi connectivity index (χ3v) is 4.75. The molecule has 1 heterocycles. The molecule has 1 aliphatic heterocycles. The number of aryl methyl sites for hydroxylation is 1. The van der Waals surface area contributed by atoms with Gasteiger partial charge in [-0.2, -0.15) is 0 Å². The summed E-state index contributed by atoms with van der Waals surface area (Å²) < 4.78 is 4.83. The molecule has 0 bridgehead atoms. The molecule has 2 atom stereocenters. The number of rotatable bonds is 6. The number of thioether (sulfide) groups is 1. The second kappa shape index (κ2) is 7.61. The molecule has 0 saturated carbocycles. The van der Waals surface area contributed by atoms with Crippen molar-refractivity contribution in [1.82, 2.24) is 0 Å². The standard InChI is InChI=1S/C16H20N2O4S/c1-3-22-16(21)12(17)9-23-13-8-14(19)18(15(13)20)11-6-4-5-10(2)7-11/h4-7,12-13H,3,8-9,17H2,1-2H3/t12-,13+/m0/s1. The van der Waals surface area contributed by atoms with E-state index in [0.717, 1.165) is 5.56 Å². The van der Waals surface area contributed by atoms with Crippen LogP contribution in [-0.2, 0) is 19.1 Å².